The highest BCUT2D eigenvalue weighted by molar-refractivity contribution is 5.79. The fourth-order valence-corrected chi connectivity index (χ4v) is 2.34. The van der Waals surface area contributed by atoms with Crippen LogP contribution in [0.5, 0.6) is 0 Å². The molecule has 94 valence electrons. The second-order valence-corrected chi connectivity index (χ2v) is 4.76. The van der Waals surface area contributed by atoms with Crippen molar-refractivity contribution < 1.29 is 4.79 Å². The molecule has 1 fully saturated rings. The fourth-order valence-electron chi connectivity index (χ4n) is 2.34. The third-order valence-corrected chi connectivity index (χ3v) is 3.29. The maximum absolute atomic E-state index is 12.2. The van der Waals surface area contributed by atoms with Gasteiger partial charge in [0.1, 0.15) is 0 Å². The number of hydrogen-bond donors (Lipinski definition) is 2. The summed E-state index contributed by atoms with van der Waals surface area (Å²) >= 11 is 0. The van der Waals surface area contributed by atoms with Gasteiger partial charge in [0.05, 0.1) is 6.42 Å². The van der Waals surface area contributed by atoms with E-state index in [1.807, 2.05) is 18.7 Å². The molecule has 0 aromatic carbocycles. The van der Waals surface area contributed by atoms with Crippen molar-refractivity contribution in [1.82, 2.24) is 15.2 Å². The number of aromatic amines is 1. The Bertz CT molecular complexity index is 389. The Balaban J connectivity index is 1.98. The molecule has 0 radical (unpaired) electrons. The average molecular weight is 235 g/mol. The highest BCUT2D eigenvalue weighted by atomic mass is 16.2. The third-order valence-electron chi connectivity index (χ3n) is 3.29. The van der Waals surface area contributed by atoms with Gasteiger partial charge in [0.15, 0.2) is 0 Å². The van der Waals surface area contributed by atoms with Crippen molar-refractivity contribution in [3.05, 3.63) is 23.0 Å². The number of carbonyl (C=O) groups excluding carboxylic acids is 1. The minimum absolute atomic E-state index is 0.246. The lowest BCUT2D eigenvalue weighted by molar-refractivity contribution is -0.130. The third kappa shape index (κ3) is 3.09. The van der Waals surface area contributed by atoms with E-state index in [0.29, 0.717) is 6.42 Å². The van der Waals surface area contributed by atoms with E-state index in [9.17, 15) is 4.79 Å². The second kappa shape index (κ2) is 5.36. The SMILES string of the molecule is Cc1cc(CC(=O)N2CCCNCC2)c(C)[nH]1. The minimum atomic E-state index is 0.246. The number of rotatable bonds is 2. The van der Waals surface area contributed by atoms with E-state index in [2.05, 4.69) is 16.4 Å². The van der Waals surface area contributed by atoms with Gasteiger partial charge in [-0.05, 0) is 38.4 Å². The van der Waals surface area contributed by atoms with Crippen molar-refractivity contribution in [2.75, 3.05) is 26.2 Å². The molecule has 17 heavy (non-hydrogen) atoms. The van der Waals surface area contributed by atoms with Crippen LogP contribution in [-0.4, -0.2) is 42.0 Å². The second-order valence-electron chi connectivity index (χ2n) is 4.76. The molecular weight excluding hydrogens is 214 g/mol. The van der Waals surface area contributed by atoms with E-state index < -0.39 is 0 Å². The number of nitrogens with one attached hydrogen (secondary N) is 2. The molecular formula is C13H21N3O. The molecule has 2 heterocycles. The molecule has 0 saturated carbocycles. The lowest BCUT2D eigenvalue weighted by atomic mass is 10.1. The molecule has 1 amide bonds. The van der Waals surface area contributed by atoms with Crippen molar-refractivity contribution in [2.24, 2.45) is 0 Å². The van der Waals surface area contributed by atoms with Crippen LogP contribution in [0.15, 0.2) is 6.07 Å². The number of aromatic nitrogens is 1. The summed E-state index contributed by atoms with van der Waals surface area (Å²) in [5.41, 5.74) is 3.37. The summed E-state index contributed by atoms with van der Waals surface area (Å²) in [4.78, 5) is 17.4. The molecule has 0 spiro atoms. The molecule has 1 aromatic heterocycles. The van der Waals surface area contributed by atoms with E-state index in [0.717, 1.165) is 49.6 Å². The summed E-state index contributed by atoms with van der Waals surface area (Å²) in [7, 11) is 0. The van der Waals surface area contributed by atoms with Crippen LogP contribution in [0.3, 0.4) is 0 Å². The van der Waals surface area contributed by atoms with Gasteiger partial charge in [0, 0.05) is 31.0 Å². The van der Waals surface area contributed by atoms with Crippen LogP contribution >= 0.6 is 0 Å². The van der Waals surface area contributed by atoms with Crippen LogP contribution in [0.4, 0.5) is 0 Å². The summed E-state index contributed by atoms with van der Waals surface area (Å²) in [5, 5.41) is 3.31. The van der Waals surface area contributed by atoms with E-state index in [-0.39, 0.29) is 5.91 Å². The summed E-state index contributed by atoms with van der Waals surface area (Å²) in [6, 6.07) is 2.07. The number of nitrogens with zero attached hydrogens (tertiary/aromatic N) is 1. The molecule has 0 bridgehead atoms. The summed E-state index contributed by atoms with van der Waals surface area (Å²) < 4.78 is 0. The molecule has 2 rings (SSSR count). The number of hydrogen-bond acceptors (Lipinski definition) is 2. The first kappa shape index (κ1) is 12.2. The molecule has 0 unspecified atom stereocenters. The van der Waals surface area contributed by atoms with E-state index in [4.69, 9.17) is 0 Å². The van der Waals surface area contributed by atoms with E-state index in [1.165, 1.54) is 0 Å². The van der Waals surface area contributed by atoms with Gasteiger partial charge in [-0.25, -0.2) is 0 Å². The fraction of sp³-hybridized carbons (Fsp3) is 0.615. The van der Waals surface area contributed by atoms with Crippen molar-refractivity contribution in [3.63, 3.8) is 0 Å². The summed E-state index contributed by atoms with van der Waals surface area (Å²) in [6.45, 7) is 7.70. The molecule has 1 saturated heterocycles. The van der Waals surface area contributed by atoms with Crippen molar-refractivity contribution in [1.29, 1.82) is 0 Å². The largest absolute Gasteiger partial charge is 0.362 e. The Labute approximate surface area is 102 Å². The quantitative estimate of drug-likeness (QED) is 0.803. The molecule has 1 aromatic rings. The van der Waals surface area contributed by atoms with Gasteiger partial charge in [-0.15, -0.1) is 0 Å². The zero-order valence-corrected chi connectivity index (χ0v) is 10.7. The van der Waals surface area contributed by atoms with Crippen molar-refractivity contribution in [3.8, 4) is 0 Å². The van der Waals surface area contributed by atoms with Gasteiger partial charge in [0.2, 0.25) is 5.91 Å². The average Bonchev–Trinajstić information content (AvgIpc) is 2.54. The van der Waals surface area contributed by atoms with Crippen LogP contribution in [0.2, 0.25) is 0 Å². The first-order chi connectivity index (χ1) is 8.16. The van der Waals surface area contributed by atoms with Gasteiger partial charge >= 0.3 is 0 Å². The zero-order chi connectivity index (χ0) is 12.3. The molecule has 0 aliphatic carbocycles. The lowest BCUT2D eigenvalue weighted by Gasteiger charge is -2.19. The normalized spacial score (nSPS) is 16.9. The molecule has 4 nitrogen and oxygen atoms in total. The maximum atomic E-state index is 12.2. The topological polar surface area (TPSA) is 48.1 Å². The van der Waals surface area contributed by atoms with E-state index in [1.54, 1.807) is 0 Å². The van der Waals surface area contributed by atoms with Crippen LogP contribution in [0.1, 0.15) is 23.4 Å². The molecule has 2 N–H and O–H groups in total. The van der Waals surface area contributed by atoms with Gasteiger partial charge in [-0.2, -0.15) is 0 Å². The summed E-state index contributed by atoms with van der Waals surface area (Å²) in [5.74, 6) is 0.246. The molecule has 0 atom stereocenters. The van der Waals surface area contributed by atoms with Gasteiger partial charge in [0.25, 0.3) is 0 Å². The Morgan fingerprint density at radius 2 is 2.18 bits per heavy atom. The van der Waals surface area contributed by atoms with Crippen LogP contribution in [0, 0.1) is 13.8 Å². The highest BCUT2D eigenvalue weighted by Gasteiger charge is 2.16. The predicted octanol–water partition coefficient (Wildman–Crippen LogP) is 0.996. The number of H-pyrrole nitrogens is 1. The van der Waals surface area contributed by atoms with Crippen LogP contribution < -0.4 is 5.32 Å². The number of aryl methyl sites for hydroxylation is 2. The lowest BCUT2D eigenvalue weighted by Crippen LogP contribution is -2.35. The number of amides is 1. The molecule has 4 heteroatoms. The summed E-state index contributed by atoms with van der Waals surface area (Å²) in [6.07, 6.45) is 1.58. The molecule has 1 aliphatic heterocycles. The Hall–Kier alpha value is -1.29. The monoisotopic (exact) mass is 235 g/mol. The predicted molar refractivity (Wildman–Crippen MR) is 68.0 cm³/mol. The van der Waals surface area contributed by atoms with Gasteiger partial charge in [-0.1, -0.05) is 0 Å². The van der Waals surface area contributed by atoms with Crippen LogP contribution in [0.25, 0.3) is 0 Å². The Morgan fingerprint density at radius 1 is 1.35 bits per heavy atom. The van der Waals surface area contributed by atoms with Gasteiger partial charge in [-0.3, -0.25) is 4.79 Å². The Morgan fingerprint density at radius 3 is 2.88 bits per heavy atom. The van der Waals surface area contributed by atoms with Crippen molar-refractivity contribution >= 4 is 5.91 Å². The first-order valence-corrected chi connectivity index (χ1v) is 6.30. The smallest absolute Gasteiger partial charge is 0.227 e. The van der Waals surface area contributed by atoms with Crippen molar-refractivity contribution in [2.45, 2.75) is 26.7 Å². The van der Waals surface area contributed by atoms with Gasteiger partial charge < -0.3 is 15.2 Å². The first-order valence-electron chi connectivity index (χ1n) is 6.30. The standard InChI is InChI=1S/C13H21N3O/c1-10-8-12(11(2)15-10)9-13(17)16-6-3-4-14-5-7-16/h8,14-15H,3-7,9H2,1-2H3. The van der Waals surface area contributed by atoms with E-state index >= 15 is 0 Å². The Kier molecular flexibility index (Phi) is 3.84. The number of carbonyl (C=O) groups is 1. The zero-order valence-electron chi connectivity index (χ0n) is 10.7. The minimum Gasteiger partial charge on any atom is -0.362 e. The van der Waals surface area contributed by atoms with Crippen LogP contribution in [-0.2, 0) is 11.2 Å². The maximum Gasteiger partial charge on any atom is 0.227 e. The highest BCUT2D eigenvalue weighted by Crippen LogP contribution is 2.11. The molecule has 1 aliphatic rings.